The van der Waals surface area contributed by atoms with Crippen molar-refractivity contribution >= 4 is 22.6 Å². The summed E-state index contributed by atoms with van der Waals surface area (Å²) in [5.41, 5.74) is 14.9. The lowest BCUT2D eigenvalue weighted by molar-refractivity contribution is 1.17. The SMILES string of the molecule is CC1=CCc2cc(-c3cc(N(c4c(C)cccc4C)c4c(C)cccc4C)ccn3)ccc21. The van der Waals surface area contributed by atoms with Crippen LogP contribution < -0.4 is 4.90 Å². The zero-order valence-electron chi connectivity index (χ0n) is 20.1. The third-order valence-electron chi connectivity index (χ3n) is 6.78. The van der Waals surface area contributed by atoms with E-state index >= 15 is 0 Å². The van der Waals surface area contributed by atoms with E-state index in [1.807, 2.05) is 6.20 Å². The third-order valence-corrected chi connectivity index (χ3v) is 6.78. The normalized spacial score (nSPS) is 12.5. The summed E-state index contributed by atoms with van der Waals surface area (Å²) in [5, 5.41) is 0. The van der Waals surface area contributed by atoms with Gasteiger partial charge in [-0.05, 0) is 98.2 Å². The van der Waals surface area contributed by atoms with Gasteiger partial charge in [-0.15, -0.1) is 0 Å². The van der Waals surface area contributed by atoms with Crippen LogP contribution in [0.2, 0.25) is 0 Å². The van der Waals surface area contributed by atoms with E-state index in [0.717, 1.165) is 17.8 Å². The summed E-state index contributed by atoms with van der Waals surface area (Å²) >= 11 is 0. The van der Waals surface area contributed by atoms with Gasteiger partial charge < -0.3 is 4.90 Å². The molecular weight excluding hydrogens is 400 g/mol. The van der Waals surface area contributed by atoms with Gasteiger partial charge in [0.05, 0.1) is 17.1 Å². The number of anilines is 3. The second-order valence-electron chi connectivity index (χ2n) is 9.18. The molecule has 1 aliphatic rings. The first-order chi connectivity index (χ1) is 15.9. The molecule has 0 unspecified atom stereocenters. The zero-order chi connectivity index (χ0) is 23.1. The first kappa shape index (κ1) is 21.2. The van der Waals surface area contributed by atoms with Gasteiger partial charge in [0.25, 0.3) is 0 Å². The molecule has 0 N–H and O–H groups in total. The molecule has 4 aromatic rings. The molecule has 0 saturated carbocycles. The molecule has 0 amide bonds. The van der Waals surface area contributed by atoms with Crippen molar-refractivity contribution in [3.05, 3.63) is 112 Å². The number of hydrogen-bond acceptors (Lipinski definition) is 2. The molecule has 0 bridgehead atoms. The second-order valence-corrected chi connectivity index (χ2v) is 9.18. The predicted molar refractivity (Wildman–Crippen MR) is 141 cm³/mol. The lowest BCUT2D eigenvalue weighted by Crippen LogP contribution is -2.15. The molecule has 0 aliphatic heterocycles. The Kier molecular flexibility index (Phi) is 5.38. The van der Waals surface area contributed by atoms with E-state index in [0.29, 0.717) is 0 Å². The first-order valence-corrected chi connectivity index (χ1v) is 11.6. The molecule has 2 nitrogen and oxygen atoms in total. The Labute approximate surface area is 197 Å². The lowest BCUT2D eigenvalue weighted by Gasteiger charge is -2.31. The number of hydrogen-bond donors (Lipinski definition) is 0. The highest BCUT2D eigenvalue weighted by atomic mass is 15.2. The zero-order valence-corrected chi connectivity index (χ0v) is 20.1. The number of nitrogens with zero attached hydrogens (tertiary/aromatic N) is 2. The molecule has 164 valence electrons. The number of para-hydroxylation sites is 2. The predicted octanol–water partition coefficient (Wildman–Crippen LogP) is 8.41. The van der Waals surface area contributed by atoms with Crippen LogP contribution in [0.4, 0.5) is 17.1 Å². The summed E-state index contributed by atoms with van der Waals surface area (Å²) < 4.78 is 0. The summed E-state index contributed by atoms with van der Waals surface area (Å²) in [5.74, 6) is 0. The molecule has 0 atom stereocenters. The van der Waals surface area contributed by atoms with Gasteiger partial charge in [0, 0.05) is 17.4 Å². The average Bonchev–Trinajstić information content (AvgIpc) is 3.18. The van der Waals surface area contributed by atoms with Crippen molar-refractivity contribution in [2.24, 2.45) is 0 Å². The standard InChI is InChI=1S/C31H30N2/c1-20-12-13-25-18-26(14-15-28(20)25)29-19-27(16-17-32-29)33(30-21(2)8-6-9-22(30)3)31-23(4)10-7-11-24(31)5/h6-12,14-19H,13H2,1-5H3. The fourth-order valence-electron chi connectivity index (χ4n) is 5.08. The highest BCUT2D eigenvalue weighted by Gasteiger charge is 2.21. The number of pyridine rings is 1. The average molecular weight is 431 g/mol. The van der Waals surface area contributed by atoms with Crippen molar-refractivity contribution in [1.82, 2.24) is 4.98 Å². The van der Waals surface area contributed by atoms with Crippen LogP contribution in [0.25, 0.3) is 16.8 Å². The molecule has 1 heterocycles. The lowest BCUT2D eigenvalue weighted by atomic mass is 10.00. The summed E-state index contributed by atoms with van der Waals surface area (Å²) in [4.78, 5) is 7.19. The number of allylic oxidation sites excluding steroid dienone is 2. The van der Waals surface area contributed by atoms with Crippen molar-refractivity contribution in [2.45, 2.75) is 41.0 Å². The van der Waals surface area contributed by atoms with Gasteiger partial charge in [-0.2, -0.15) is 0 Å². The molecule has 5 rings (SSSR count). The molecule has 33 heavy (non-hydrogen) atoms. The Morgan fingerprint density at radius 3 is 1.91 bits per heavy atom. The number of aryl methyl sites for hydroxylation is 4. The van der Waals surface area contributed by atoms with E-state index in [1.165, 1.54) is 55.9 Å². The molecule has 0 saturated heterocycles. The van der Waals surface area contributed by atoms with Gasteiger partial charge in [-0.25, -0.2) is 0 Å². The van der Waals surface area contributed by atoms with Crippen molar-refractivity contribution < 1.29 is 0 Å². The van der Waals surface area contributed by atoms with E-state index in [2.05, 4.69) is 112 Å². The van der Waals surface area contributed by atoms with Crippen LogP contribution in [0.3, 0.4) is 0 Å². The van der Waals surface area contributed by atoms with E-state index in [1.54, 1.807) is 0 Å². The smallest absolute Gasteiger partial charge is 0.0722 e. The molecule has 0 radical (unpaired) electrons. The Hall–Kier alpha value is -3.65. The topological polar surface area (TPSA) is 16.1 Å². The summed E-state index contributed by atoms with van der Waals surface area (Å²) in [6.07, 6.45) is 5.25. The van der Waals surface area contributed by atoms with E-state index < -0.39 is 0 Å². The minimum absolute atomic E-state index is 1.00. The minimum atomic E-state index is 1.00. The number of benzene rings is 3. The van der Waals surface area contributed by atoms with Crippen LogP contribution in [-0.4, -0.2) is 4.98 Å². The van der Waals surface area contributed by atoms with Crippen LogP contribution >= 0.6 is 0 Å². The molecule has 1 aromatic heterocycles. The van der Waals surface area contributed by atoms with E-state index in [-0.39, 0.29) is 0 Å². The van der Waals surface area contributed by atoms with Gasteiger partial charge in [0.2, 0.25) is 0 Å². The van der Waals surface area contributed by atoms with Gasteiger partial charge in [0.1, 0.15) is 0 Å². The maximum atomic E-state index is 4.77. The Morgan fingerprint density at radius 1 is 0.697 bits per heavy atom. The Bertz CT molecular complexity index is 1300. The number of aromatic nitrogens is 1. The van der Waals surface area contributed by atoms with Crippen molar-refractivity contribution in [3.63, 3.8) is 0 Å². The maximum Gasteiger partial charge on any atom is 0.0722 e. The Balaban J connectivity index is 1.69. The van der Waals surface area contributed by atoms with Crippen molar-refractivity contribution in [2.75, 3.05) is 4.90 Å². The largest absolute Gasteiger partial charge is 0.309 e. The van der Waals surface area contributed by atoms with Crippen LogP contribution in [0.15, 0.2) is 79.0 Å². The molecule has 2 heteroatoms. The maximum absolute atomic E-state index is 4.77. The van der Waals surface area contributed by atoms with Crippen LogP contribution in [0, 0.1) is 27.7 Å². The highest BCUT2D eigenvalue weighted by Crippen LogP contribution is 2.42. The first-order valence-electron chi connectivity index (χ1n) is 11.6. The van der Waals surface area contributed by atoms with E-state index in [4.69, 9.17) is 4.98 Å². The molecule has 3 aromatic carbocycles. The number of rotatable bonds is 4. The molecular formula is C31H30N2. The van der Waals surface area contributed by atoms with Gasteiger partial charge in [0.15, 0.2) is 0 Å². The molecule has 1 aliphatic carbocycles. The van der Waals surface area contributed by atoms with Gasteiger partial charge in [-0.3, -0.25) is 4.98 Å². The summed E-state index contributed by atoms with van der Waals surface area (Å²) in [6.45, 7) is 11.0. The fraction of sp³-hybridized carbons (Fsp3) is 0.194. The van der Waals surface area contributed by atoms with Gasteiger partial charge in [-0.1, -0.05) is 54.6 Å². The van der Waals surface area contributed by atoms with Crippen LogP contribution in [-0.2, 0) is 6.42 Å². The highest BCUT2D eigenvalue weighted by molar-refractivity contribution is 5.85. The van der Waals surface area contributed by atoms with Gasteiger partial charge >= 0.3 is 0 Å². The van der Waals surface area contributed by atoms with Crippen molar-refractivity contribution in [3.8, 4) is 11.3 Å². The minimum Gasteiger partial charge on any atom is -0.309 e. The quantitative estimate of drug-likeness (QED) is 0.323. The fourth-order valence-corrected chi connectivity index (χ4v) is 5.08. The second kappa shape index (κ2) is 8.37. The monoisotopic (exact) mass is 430 g/mol. The van der Waals surface area contributed by atoms with Crippen molar-refractivity contribution in [1.29, 1.82) is 0 Å². The molecule has 0 fully saturated rings. The third kappa shape index (κ3) is 3.76. The van der Waals surface area contributed by atoms with Crippen LogP contribution in [0.1, 0.15) is 40.3 Å². The van der Waals surface area contributed by atoms with Crippen LogP contribution in [0.5, 0.6) is 0 Å². The summed E-state index contributed by atoms with van der Waals surface area (Å²) in [6, 6.07) is 24.2. The summed E-state index contributed by atoms with van der Waals surface area (Å²) in [7, 11) is 0. The Morgan fingerprint density at radius 2 is 1.30 bits per heavy atom. The molecule has 0 spiro atoms. The number of fused-ring (bicyclic) bond motifs is 1. The van der Waals surface area contributed by atoms with E-state index in [9.17, 15) is 0 Å².